The number of ether oxygens (including phenoxy) is 2. The van der Waals surface area contributed by atoms with Crippen molar-refractivity contribution in [2.45, 2.75) is 19.4 Å². The summed E-state index contributed by atoms with van der Waals surface area (Å²) in [6, 6.07) is 6.99. The number of thiophene rings is 1. The molecule has 134 valence electrons. The predicted molar refractivity (Wildman–Crippen MR) is 97.4 cm³/mol. The van der Waals surface area contributed by atoms with E-state index in [4.69, 9.17) is 9.47 Å². The van der Waals surface area contributed by atoms with Crippen LogP contribution in [0.3, 0.4) is 0 Å². The summed E-state index contributed by atoms with van der Waals surface area (Å²) in [6.45, 7) is 2.17. The molecule has 0 saturated heterocycles. The molecule has 0 spiro atoms. The van der Waals surface area contributed by atoms with Gasteiger partial charge < -0.3 is 20.1 Å². The first kappa shape index (κ1) is 18.8. The molecule has 7 heteroatoms. The molecule has 25 heavy (non-hydrogen) atoms. The van der Waals surface area contributed by atoms with Crippen molar-refractivity contribution in [1.29, 1.82) is 0 Å². The van der Waals surface area contributed by atoms with Crippen LogP contribution in [-0.2, 0) is 4.79 Å². The van der Waals surface area contributed by atoms with Crippen LogP contribution in [-0.4, -0.2) is 32.6 Å². The van der Waals surface area contributed by atoms with E-state index in [-0.39, 0.29) is 30.8 Å². The third-order valence-electron chi connectivity index (χ3n) is 3.71. The van der Waals surface area contributed by atoms with Gasteiger partial charge in [0.25, 0.3) is 5.91 Å². The molecule has 0 saturated carbocycles. The minimum atomic E-state index is -0.221. The Balaban J connectivity index is 1.84. The molecule has 1 unspecified atom stereocenters. The molecule has 2 rings (SSSR count). The van der Waals surface area contributed by atoms with Gasteiger partial charge in [0.2, 0.25) is 5.91 Å². The van der Waals surface area contributed by atoms with Crippen molar-refractivity contribution in [2.75, 3.05) is 20.8 Å². The molecule has 2 amide bonds. The lowest BCUT2D eigenvalue weighted by Gasteiger charge is -2.18. The molecule has 0 aliphatic rings. The third-order valence-corrected chi connectivity index (χ3v) is 4.39. The number of amides is 2. The van der Waals surface area contributed by atoms with Crippen LogP contribution < -0.4 is 20.1 Å². The number of hydrogen-bond donors (Lipinski definition) is 2. The lowest BCUT2D eigenvalue weighted by atomic mass is 10.1. The third kappa shape index (κ3) is 5.22. The molecule has 0 fully saturated rings. The van der Waals surface area contributed by atoms with Crippen molar-refractivity contribution in [1.82, 2.24) is 10.6 Å². The number of carbonyl (C=O) groups is 2. The highest BCUT2D eigenvalue weighted by Crippen LogP contribution is 2.29. The van der Waals surface area contributed by atoms with E-state index in [1.165, 1.54) is 11.3 Å². The molecule has 1 aromatic heterocycles. The second kappa shape index (κ2) is 9.08. The Bertz CT molecular complexity index is 716. The zero-order valence-corrected chi connectivity index (χ0v) is 15.3. The highest BCUT2D eigenvalue weighted by Gasteiger charge is 2.15. The topological polar surface area (TPSA) is 76.7 Å². The van der Waals surface area contributed by atoms with Crippen molar-refractivity contribution in [2.24, 2.45) is 0 Å². The molecular weight excluding hydrogens is 340 g/mol. The molecule has 2 aromatic rings. The second-order valence-corrected chi connectivity index (χ2v) is 6.20. The fourth-order valence-corrected chi connectivity index (χ4v) is 2.99. The van der Waals surface area contributed by atoms with E-state index in [2.05, 4.69) is 10.6 Å². The molecule has 0 aliphatic heterocycles. The molecule has 1 atom stereocenters. The summed E-state index contributed by atoms with van der Waals surface area (Å²) in [4.78, 5) is 23.9. The van der Waals surface area contributed by atoms with Crippen LogP contribution >= 0.6 is 11.3 Å². The molecule has 1 aromatic carbocycles. The normalized spacial score (nSPS) is 11.5. The van der Waals surface area contributed by atoms with Gasteiger partial charge in [-0.25, -0.2) is 0 Å². The Kier molecular flexibility index (Phi) is 6.82. The molecule has 0 bridgehead atoms. The zero-order valence-electron chi connectivity index (χ0n) is 14.5. The van der Waals surface area contributed by atoms with Gasteiger partial charge in [0, 0.05) is 35.5 Å². The van der Waals surface area contributed by atoms with Gasteiger partial charge in [0.15, 0.2) is 0 Å². The van der Waals surface area contributed by atoms with E-state index in [9.17, 15) is 9.59 Å². The van der Waals surface area contributed by atoms with Crippen LogP contribution in [0.1, 0.15) is 35.3 Å². The van der Waals surface area contributed by atoms with E-state index < -0.39 is 0 Å². The van der Waals surface area contributed by atoms with Gasteiger partial charge in [-0.2, -0.15) is 11.3 Å². The number of rotatable bonds is 8. The maximum Gasteiger partial charge on any atom is 0.252 e. The van der Waals surface area contributed by atoms with Crippen LogP contribution in [0.25, 0.3) is 0 Å². The first-order valence-electron chi connectivity index (χ1n) is 7.86. The Labute approximate surface area is 151 Å². The standard InChI is InChI=1S/C18H22N2O4S/c1-12(15-5-4-14(23-2)10-16(15)24-3)20-17(21)6-8-19-18(22)13-7-9-25-11-13/h4-5,7,9-12H,6,8H2,1-3H3,(H,19,22)(H,20,21). The van der Waals surface area contributed by atoms with Crippen LogP contribution in [0.4, 0.5) is 0 Å². The molecule has 0 aliphatic carbocycles. The second-order valence-electron chi connectivity index (χ2n) is 5.42. The molecule has 6 nitrogen and oxygen atoms in total. The summed E-state index contributed by atoms with van der Waals surface area (Å²) >= 11 is 1.46. The Morgan fingerprint density at radius 3 is 2.64 bits per heavy atom. The predicted octanol–water partition coefficient (Wildman–Crippen LogP) is 2.76. The molecule has 0 radical (unpaired) electrons. The van der Waals surface area contributed by atoms with Gasteiger partial charge in [0.1, 0.15) is 11.5 Å². The highest BCUT2D eigenvalue weighted by atomic mass is 32.1. The fourth-order valence-electron chi connectivity index (χ4n) is 2.35. The first-order chi connectivity index (χ1) is 12.0. The smallest absolute Gasteiger partial charge is 0.252 e. The zero-order chi connectivity index (χ0) is 18.2. The Hall–Kier alpha value is -2.54. The first-order valence-corrected chi connectivity index (χ1v) is 8.81. The van der Waals surface area contributed by atoms with Crippen LogP contribution in [0.5, 0.6) is 11.5 Å². The summed E-state index contributed by atoms with van der Waals surface area (Å²) in [7, 11) is 3.16. The monoisotopic (exact) mass is 362 g/mol. The SMILES string of the molecule is COc1ccc(C(C)NC(=O)CCNC(=O)c2ccsc2)c(OC)c1. The Morgan fingerprint density at radius 1 is 1.20 bits per heavy atom. The van der Waals surface area contributed by atoms with Crippen molar-refractivity contribution in [3.8, 4) is 11.5 Å². The van der Waals surface area contributed by atoms with Crippen LogP contribution in [0.2, 0.25) is 0 Å². The Morgan fingerprint density at radius 2 is 2.00 bits per heavy atom. The number of hydrogen-bond acceptors (Lipinski definition) is 5. The quantitative estimate of drug-likeness (QED) is 0.757. The number of nitrogens with one attached hydrogen (secondary N) is 2. The van der Waals surface area contributed by atoms with Crippen molar-refractivity contribution >= 4 is 23.2 Å². The lowest BCUT2D eigenvalue weighted by molar-refractivity contribution is -0.121. The van der Waals surface area contributed by atoms with E-state index >= 15 is 0 Å². The molecule has 1 heterocycles. The minimum Gasteiger partial charge on any atom is -0.497 e. The average Bonchev–Trinajstić information content (AvgIpc) is 3.15. The van der Waals surface area contributed by atoms with E-state index in [0.717, 1.165) is 5.56 Å². The number of benzene rings is 1. The largest absolute Gasteiger partial charge is 0.497 e. The summed E-state index contributed by atoms with van der Waals surface area (Å²) in [5.41, 5.74) is 1.47. The van der Waals surface area contributed by atoms with Gasteiger partial charge in [-0.3, -0.25) is 9.59 Å². The lowest BCUT2D eigenvalue weighted by Crippen LogP contribution is -2.32. The summed E-state index contributed by atoms with van der Waals surface area (Å²) in [6.07, 6.45) is 0.207. The van der Waals surface area contributed by atoms with Crippen molar-refractivity contribution in [3.05, 3.63) is 46.2 Å². The van der Waals surface area contributed by atoms with Crippen LogP contribution in [0.15, 0.2) is 35.0 Å². The number of methoxy groups -OCH3 is 2. The molecular formula is C18H22N2O4S. The van der Waals surface area contributed by atoms with Gasteiger partial charge in [0.05, 0.1) is 20.3 Å². The summed E-state index contributed by atoms with van der Waals surface area (Å²) < 4.78 is 10.5. The van der Waals surface area contributed by atoms with Crippen molar-refractivity contribution < 1.29 is 19.1 Å². The van der Waals surface area contributed by atoms with Gasteiger partial charge in [-0.1, -0.05) is 0 Å². The van der Waals surface area contributed by atoms with Gasteiger partial charge >= 0.3 is 0 Å². The minimum absolute atomic E-state index is 0.143. The maximum absolute atomic E-state index is 12.1. The van der Waals surface area contributed by atoms with Gasteiger partial charge in [-0.05, 0) is 30.5 Å². The van der Waals surface area contributed by atoms with Gasteiger partial charge in [-0.15, -0.1) is 0 Å². The summed E-state index contributed by atoms with van der Waals surface area (Å²) in [5.74, 6) is 1.03. The summed E-state index contributed by atoms with van der Waals surface area (Å²) in [5, 5.41) is 9.25. The van der Waals surface area contributed by atoms with Crippen LogP contribution in [0, 0.1) is 0 Å². The van der Waals surface area contributed by atoms with E-state index in [0.29, 0.717) is 17.1 Å². The average molecular weight is 362 g/mol. The number of carbonyl (C=O) groups excluding carboxylic acids is 2. The highest BCUT2D eigenvalue weighted by molar-refractivity contribution is 7.08. The van der Waals surface area contributed by atoms with E-state index in [1.54, 1.807) is 31.7 Å². The van der Waals surface area contributed by atoms with Crippen molar-refractivity contribution in [3.63, 3.8) is 0 Å². The molecule has 2 N–H and O–H groups in total. The van der Waals surface area contributed by atoms with E-state index in [1.807, 2.05) is 24.4 Å². The maximum atomic E-state index is 12.1. The fraction of sp³-hybridized carbons (Fsp3) is 0.333.